The van der Waals surface area contributed by atoms with E-state index in [0.29, 0.717) is 11.8 Å². The van der Waals surface area contributed by atoms with Crippen molar-refractivity contribution in [3.63, 3.8) is 0 Å². The van der Waals surface area contributed by atoms with Crippen molar-refractivity contribution in [2.24, 2.45) is 23.7 Å². The Morgan fingerprint density at radius 2 is 1.10 bits per heavy atom. The summed E-state index contributed by atoms with van der Waals surface area (Å²) in [6.07, 6.45) is 4.98. The molecule has 0 N–H and O–H groups in total. The van der Waals surface area contributed by atoms with E-state index in [1.54, 1.807) is 0 Å². The molecule has 1 aromatic heterocycles. The Morgan fingerprint density at radius 1 is 0.467 bits per heavy atom. The smallest absolute Gasteiger partial charge is 0.164 e. The quantitative estimate of drug-likeness (QED) is 0.175. The second-order valence-electron chi connectivity index (χ2n) is 18.1. The van der Waals surface area contributed by atoms with Crippen LogP contribution in [0.25, 0.3) is 56.2 Å². The van der Waals surface area contributed by atoms with Crippen molar-refractivity contribution >= 4 is 0 Å². The van der Waals surface area contributed by atoms with Crippen molar-refractivity contribution in [1.29, 1.82) is 0 Å². The van der Waals surface area contributed by atoms with E-state index in [2.05, 4.69) is 177 Å². The van der Waals surface area contributed by atoms with Crippen LogP contribution in [0.2, 0.25) is 0 Å². The average molecular weight is 774 g/mol. The molecule has 1 aliphatic heterocycles. The molecular weight excluding hydrogens is 731 g/mol. The molecule has 288 valence electrons. The largest absolute Gasteiger partial charge is 0.457 e. The highest BCUT2D eigenvalue weighted by atomic mass is 16.5. The topological polar surface area (TPSA) is 47.9 Å². The lowest BCUT2D eigenvalue weighted by Gasteiger charge is -2.63. The molecule has 6 aliphatic carbocycles. The lowest BCUT2D eigenvalue weighted by atomic mass is 9.41. The summed E-state index contributed by atoms with van der Waals surface area (Å²) in [6.45, 7) is 2.45. The molecule has 8 aromatic rings. The molecule has 7 aliphatic rings. The molecule has 0 amide bonds. The molecule has 4 heteroatoms. The van der Waals surface area contributed by atoms with Gasteiger partial charge < -0.3 is 4.74 Å². The van der Waals surface area contributed by atoms with Crippen molar-refractivity contribution in [3.8, 4) is 67.7 Å². The predicted molar refractivity (Wildman–Crippen MR) is 239 cm³/mol. The number of benzene rings is 7. The summed E-state index contributed by atoms with van der Waals surface area (Å²) in [4.78, 5) is 16.5. The zero-order chi connectivity index (χ0) is 39.6. The van der Waals surface area contributed by atoms with Crippen molar-refractivity contribution < 1.29 is 4.74 Å². The van der Waals surface area contributed by atoms with Gasteiger partial charge in [0.25, 0.3) is 0 Å². The molecule has 60 heavy (non-hydrogen) atoms. The Bertz CT molecular complexity index is 3000. The van der Waals surface area contributed by atoms with Crippen LogP contribution in [0.4, 0.5) is 0 Å². The molecule has 4 bridgehead atoms. The third kappa shape index (κ3) is 4.70. The molecule has 5 fully saturated rings. The highest BCUT2D eigenvalue weighted by Gasteiger charge is 2.66. The van der Waals surface area contributed by atoms with Gasteiger partial charge in [-0.25, -0.2) is 15.0 Å². The van der Waals surface area contributed by atoms with Gasteiger partial charge in [0, 0.05) is 27.7 Å². The third-order valence-corrected chi connectivity index (χ3v) is 15.0. The summed E-state index contributed by atoms with van der Waals surface area (Å²) >= 11 is 0. The SMILES string of the molecule is C[C@H]1CC2CC3C2CC3(c2nc(-c3cccc(-c4ccccc4)c3)nc(-c3ccccc3-c3ccc4c(c3)C3(c5ccccc5O4)c4ccccc4-c4ccccc43)n2)C1. The standard InChI is InChI=1S/C56H43N3O/c1-34-28-39-31-48-44(39)33-55(48,32-34)54-58-52(38-17-13-16-36(29-38)35-14-3-2-4-15-35)57-53(59-54)43-21-6-5-18-40(43)37-26-27-51-49(30-37)56(47-24-11-12-25-50(47)60-51)45-22-9-7-19-41(45)42-20-8-10-23-46(42)56/h2-27,29-30,34,39,44,48H,28,31-33H2,1H3/t34-,39?,44?,48?,55?/m0/s1. The summed E-state index contributed by atoms with van der Waals surface area (Å²) in [5, 5.41) is 0. The van der Waals surface area contributed by atoms with E-state index in [9.17, 15) is 0 Å². The number of nitrogens with zero attached hydrogens (tertiary/aromatic N) is 3. The van der Waals surface area contributed by atoms with Crippen molar-refractivity contribution in [3.05, 3.63) is 198 Å². The van der Waals surface area contributed by atoms with Crippen LogP contribution in [0.3, 0.4) is 0 Å². The normalized spacial score (nSPS) is 23.1. The number of fused-ring (bicyclic) bond motifs is 9. The Morgan fingerprint density at radius 3 is 1.87 bits per heavy atom. The Kier molecular flexibility index (Phi) is 7.23. The minimum absolute atomic E-state index is 0.00168. The molecule has 0 saturated heterocycles. The number of hydrogen-bond acceptors (Lipinski definition) is 4. The van der Waals surface area contributed by atoms with Gasteiger partial charge in [-0.2, -0.15) is 0 Å². The van der Waals surface area contributed by atoms with Crippen LogP contribution in [-0.4, -0.2) is 15.0 Å². The number of aromatic nitrogens is 3. The highest BCUT2D eigenvalue weighted by Crippen LogP contribution is 2.71. The predicted octanol–water partition coefficient (Wildman–Crippen LogP) is 13.3. The molecule has 4 nitrogen and oxygen atoms in total. The van der Waals surface area contributed by atoms with Crippen molar-refractivity contribution in [2.75, 3.05) is 0 Å². The molecule has 4 unspecified atom stereocenters. The summed E-state index contributed by atoms with van der Waals surface area (Å²) in [5.74, 6) is 7.26. The van der Waals surface area contributed by atoms with Crippen LogP contribution in [0, 0.1) is 23.7 Å². The van der Waals surface area contributed by atoms with Gasteiger partial charge in [-0.1, -0.05) is 153 Å². The fourth-order valence-electron chi connectivity index (χ4n) is 12.5. The molecule has 1 spiro atoms. The molecule has 7 aromatic carbocycles. The second-order valence-corrected chi connectivity index (χ2v) is 18.1. The molecule has 5 saturated carbocycles. The van der Waals surface area contributed by atoms with Gasteiger partial charge in [0.1, 0.15) is 17.3 Å². The maximum atomic E-state index is 6.80. The monoisotopic (exact) mass is 773 g/mol. The van der Waals surface area contributed by atoms with E-state index in [4.69, 9.17) is 19.7 Å². The number of ether oxygens (including phenoxy) is 1. The van der Waals surface area contributed by atoms with Gasteiger partial charge in [0.15, 0.2) is 11.6 Å². The summed E-state index contributed by atoms with van der Waals surface area (Å²) in [7, 11) is 0. The van der Waals surface area contributed by atoms with Crippen LogP contribution in [0.15, 0.2) is 170 Å². The van der Waals surface area contributed by atoms with Crippen molar-refractivity contribution in [2.45, 2.75) is 43.4 Å². The maximum Gasteiger partial charge on any atom is 0.164 e. The Labute approximate surface area is 351 Å². The lowest BCUT2D eigenvalue weighted by molar-refractivity contribution is -0.100. The van der Waals surface area contributed by atoms with Gasteiger partial charge in [0.2, 0.25) is 0 Å². The van der Waals surface area contributed by atoms with E-state index in [0.717, 1.165) is 80.6 Å². The van der Waals surface area contributed by atoms with Crippen LogP contribution in [0.5, 0.6) is 11.5 Å². The Hall–Kier alpha value is -6.65. The Balaban J connectivity index is 1.01. The molecule has 2 heterocycles. The lowest BCUT2D eigenvalue weighted by Crippen LogP contribution is -2.60. The van der Waals surface area contributed by atoms with E-state index < -0.39 is 5.41 Å². The van der Waals surface area contributed by atoms with E-state index in [-0.39, 0.29) is 5.41 Å². The van der Waals surface area contributed by atoms with Gasteiger partial charge in [0.05, 0.1) is 5.41 Å². The highest BCUT2D eigenvalue weighted by molar-refractivity contribution is 5.90. The first-order chi connectivity index (χ1) is 29.6. The van der Waals surface area contributed by atoms with Gasteiger partial charge >= 0.3 is 0 Å². The van der Waals surface area contributed by atoms with Crippen molar-refractivity contribution in [1.82, 2.24) is 15.0 Å². The molecule has 5 atom stereocenters. The van der Waals surface area contributed by atoms with Crippen LogP contribution in [-0.2, 0) is 10.8 Å². The fourth-order valence-corrected chi connectivity index (χ4v) is 12.5. The molecule has 15 rings (SSSR count). The minimum Gasteiger partial charge on any atom is -0.457 e. The average Bonchev–Trinajstić information content (AvgIpc) is 3.36. The summed E-state index contributed by atoms with van der Waals surface area (Å²) in [5.41, 5.74) is 13.4. The maximum absolute atomic E-state index is 6.80. The first-order valence-electron chi connectivity index (χ1n) is 21.7. The van der Waals surface area contributed by atoms with Gasteiger partial charge in [-0.05, 0) is 118 Å². The molecular formula is C56H43N3O. The third-order valence-electron chi connectivity index (χ3n) is 15.0. The van der Waals surface area contributed by atoms with E-state index in [1.807, 2.05) is 0 Å². The minimum atomic E-state index is -0.545. The molecule has 0 radical (unpaired) electrons. The second kappa shape index (κ2) is 12.7. The van der Waals surface area contributed by atoms with Crippen LogP contribution in [0.1, 0.15) is 60.7 Å². The first-order valence-corrected chi connectivity index (χ1v) is 21.7. The van der Waals surface area contributed by atoms with Crippen LogP contribution < -0.4 is 4.74 Å². The summed E-state index contributed by atoms with van der Waals surface area (Å²) < 4.78 is 6.80. The van der Waals surface area contributed by atoms with Gasteiger partial charge in [-0.3, -0.25) is 0 Å². The fraction of sp³-hybridized carbons (Fsp3) is 0.196. The summed E-state index contributed by atoms with van der Waals surface area (Å²) in [6, 6.07) is 61.2. The van der Waals surface area contributed by atoms with E-state index >= 15 is 0 Å². The number of para-hydroxylation sites is 1. The first kappa shape index (κ1) is 34.2. The van der Waals surface area contributed by atoms with E-state index in [1.165, 1.54) is 52.6 Å². The number of rotatable bonds is 5. The van der Waals surface area contributed by atoms with Gasteiger partial charge in [-0.15, -0.1) is 0 Å². The van der Waals surface area contributed by atoms with Crippen LogP contribution >= 0.6 is 0 Å². The zero-order valence-corrected chi connectivity index (χ0v) is 33.6. The number of hydrogen-bond donors (Lipinski definition) is 0. The zero-order valence-electron chi connectivity index (χ0n) is 33.6.